The van der Waals surface area contributed by atoms with Gasteiger partial charge in [0.15, 0.2) is 0 Å². The van der Waals surface area contributed by atoms with E-state index in [4.69, 9.17) is 0 Å². The molecule has 8 heteroatoms. The van der Waals surface area contributed by atoms with E-state index >= 15 is 0 Å². The molecule has 146 valence electrons. The number of hydrogen-bond acceptors (Lipinski definition) is 3. The van der Waals surface area contributed by atoms with Gasteiger partial charge in [-0.2, -0.15) is 0 Å². The summed E-state index contributed by atoms with van der Waals surface area (Å²) in [5.74, 6) is -1.05. The van der Waals surface area contributed by atoms with Gasteiger partial charge in [0.2, 0.25) is 15.9 Å². The second-order valence-corrected chi connectivity index (χ2v) is 7.92. The Hall–Kier alpha value is -2.32. The molecule has 0 aliphatic heterocycles. The lowest BCUT2D eigenvalue weighted by molar-refractivity contribution is -0.128. The molecule has 0 unspecified atom stereocenters. The Kier molecular flexibility index (Phi) is 7.04. The molecule has 2 aromatic rings. The number of amides is 1. The van der Waals surface area contributed by atoms with E-state index in [1.807, 2.05) is 0 Å². The molecule has 27 heavy (non-hydrogen) atoms. The van der Waals surface area contributed by atoms with Crippen molar-refractivity contribution >= 4 is 15.9 Å². The van der Waals surface area contributed by atoms with E-state index in [1.165, 1.54) is 36.9 Å². The maximum atomic E-state index is 13.7. The number of carbonyl (C=O) groups is 1. The van der Waals surface area contributed by atoms with Gasteiger partial charge in [-0.05, 0) is 48.7 Å². The van der Waals surface area contributed by atoms with Crippen molar-refractivity contribution in [3.63, 3.8) is 0 Å². The van der Waals surface area contributed by atoms with Crippen LogP contribution in [-0.2, 0) is 21.2 Å². The molecule has 1 amide bonds. The normalized spacial score (nSPS) is 11.4. The minimum absolute atomic E-state index is 0.00436. The van der Waals surface area contributed by atoms with E-state index in [2.05, 4.69) is 4.72 Å². The highest BCUT2D eigenvalue weighted by Gasteiger charge is 2.16. The SMILES string of the molecule is CC(=O)N(CCNS(=O)(=O)c1ccc(F)c(C)c1)CCc1ccccc1F. The van der Waals surface area contributed by atoms with Crippen molar-refractivity contribution in [2.24, 2.45) is 0 Å². The van der Waals surface area contributed by atoms with Gasteiger partial charge in [0.25, 0.3) is 0 Å². The highest BCUT2D eigenvalue weighted by Crippen LogP contribution is 2.14. The summed E-state index contributed by atoms with van der Waals surface area (Å²) in [6, 6.07) is 9.84. The highest BCUT2D eigenvalue weighted by molar-refractivity contribution is 7.89. The minimum atomic E-state index is -3.81. The molecule has 0 saturated carbocycles. The zero-order valence-electron chi connectivity index (χ0n) is 15.2. The second-order valence-electron chi connectivity index (χ2n) is 6.16. The summed E-state index contributed by atoms with van der Waals surface area (Å²) < 4.78 is 53.9. The lowest BCUT2D eigenvalue weighted by Crippen LogP contribution is -2.38. The summed E-state index contributed by atoms with van der Waals surface area (Å²) in [6.45, 7) is 3.26. The zero-order valence-corrected chi connectivity index (χ0v) is 16.0. The van der Waals surface area contributed by atoms with E-state index in [0.717, 1.165) is 6.07 Å². The van der Waals surface area contributed by atoms with Gasteiger partial charge in [-0.25, -0.2) is 21.9 Å². The van der Waals surface area contributed by atoms with Crippen LogP contribution in [0, 0.1) is 18.6 Å². The predicted octanol–water partition coefficient (Wildman–Crippen LogP) is 2.64. The number of nitrogens with one attached hydrogen (secondary N) is 1. The van der Waals surface area contributed by atoms with Gasteiger partial charge >= 0.3 is 0 Å². The summed E-state index contributed by atoms with van der Waals surface area (Å²) in [5, 5.41) is 0. The Morgan fingerprint density at radius 2 is 1.78 bits per heavy atom. The molecule has 0 aromatic heterocycles. The summed E-state index contributed by atoms with van der Waals surface area (Å²) >= 11 is 0. The zero-order chi connectivity index (χ0) is 20.0. The fourth-order valence-electron chi connectivity index (χ4n) is 2.57. The first-order chi connectivity index (χ1) is 12.7. The quantitative estimate of drug-likeness (QED) is 0.746. The molecule has 2 rings (SSSR count). The van der Waals surface area contributed by atoms with Crippen molar-refractivity contribution in [1.82, 2.24) is 9.62 Å². The van der Waals surface area contributed by atoms with Crippen LogP contribution in [0.5, 0.6) is 0 Å². The van der Waals surface area contributed by atoms with Crippen molar-refractivity contribution in [2.75, 3.05) is 19.6 Å². The van der Waals surface area contributed by atoms with Crippen LogP contribution in [0.15, 0.2) is 47.4 Å². The van der Waals surface area contributed by atoms with E-state index in [0.29, 0.717) is 12.0 Å². The monoisotopic (exact) mass is 396 g/mol. The molecule has 0 saturated heterocycles. The van der Waals surface area contributed by atoms with Crippen LogP contribution < -0.4 is 4.72 Å². The third kappa shape index (κ3) is 5.83. The summed E-state index contributed by atoms with van der Waals surface area (Å²) in [4.78, 5) is 13.2. The van der Waals surface area contributed by atoms with Crippen LogP contribution in [0.2, 0.25) is 0 Å². The van der Waals surface area contributed by atoms with Gasteiger partial charge in [-0.15, -0.1) is 0 Å². The first-order valence-electron chi connectivity index (χ1n) is 8.45. The summed E-state index contributed by atoms with van der Waals surface area (Å²) in [5.41, 5.74) is 0.722. The molecule has 0 radical (unpaired) electrons. The Labute approximate surface area is 158 Å². The second kappa shape index (κ2) is 9.05. The number of sulfonamides is 1. The van der Waals surface area contributed by atoms with Crippen LogP contribution in [0.25, 0.3) is 0 Å². The smallest absolute Gasteiger partial charge is 0.240 e. The standard InChI is InChI=1S/C19H22F2N2O3S/c1-14-13-17(7-8-18(14)20)27(25,26)22-10-12-23(15(2)24)11-9-16-5-3-4-6-19(16)21/h3-8,13,22H,9-12H2,1-2H3. The fraction of sp³-hybridized carbons (Fsp3) is 0.316. The molecule has 0 spiro atoms. The van der Waals surface area contributed by atoms with E-state index in [-0.39, 0.29) is 41.8 Å². The Balaban J connectivity index is 1.94. The Bertz CT molecular complexity index is 917. The highest BCUT2D eigenvalue weighted by atomic mass is 32.2. The molecule has 5 nitrogen and oxygen atoms in total. The molecular weight excluding hydrogens is 374 g/mol. The molecule has 1 N–H and O–H groups in total. The largest absolute Gasteiger partial charge is 0.341 e. The number of halogens is 2. The first-order valence-corrected chi connectivity index (χ1v) is 9.94. The van der Waals surface area contributed by atoms with Gasteiger partial charge in [0.1, 0.15) is 11.6 Å². The molecule has 0 atom stereocenters. The maximum absolute atomic E-state index is 13.7. The molecule has 2 aromatic carbocycles. The first kappa shape index (κ1) is 21.0. The molecule has 0 heterocycles. The third-order valence-corrected chi connectivity index (χ3v) is 5.63. The van der Waals surface area contributed by atoms with Gasteiger partial charge in [-0.3, -0.25) is 4.79 Å². The van der Waals surface area contributed by atoms with Crippen LogP contribution in [0.3, 0.4) is 0 Å². The van der Waals surface area contributed by atoms with E-state index < -0.39 is 15.8 Å². The minimum Gasteiger partial charge on any atom is -0.341 e. The Morgan fingerprint density at radius 1 is 1.07 bits per heavy atom. The predicted molar refractivity (Wildman–Crippen MR) is 98.7 cm³/mol. The average molecular weight is 396 g/mol. The third-order valence-electron chi connectivity index (χ3n) is 4.17. The van der Waals surface area contributed by atoms with Crippen LogP contribution in [0.4, 0.5) is 8.78 Å². The van der Waals surface area contributed by atoms with Crippen LogP contribution >= 0.6 is 0 Å². The number of aryl methyl sites for hydroxylation is 1. The number of benzene rings is 2. The fourth-order valence-corrected chi connectivity index (χ4v) is 3.67. The number of hydrogen-bond donors (Lipinski definition) is 1. The van der Waals surface area contributed by atoms with Crippen molar-refractivity contribution in [3.05, 3.63) is 65.2 Å². The van der Waals surface area contributed by atoms with Crippen molar-refractivity contribution in [1.29, 1.82) is 0 Å². The van der Waals surface area contributed by atoms with Crippen molar-refractivity contribution < 1.29 is 22.0 Å². The van der Waals surface area contributed by atoms with E-state index in [9.17, 15) is 22.0 Å². The lowest BCUT2D eigenvalue weighted by Gasteiger charge is -2.21. The van der Waals surface area contributed by atoms with Gasteiger partial charge < -0.3 is 4.90 Å². The Morgan fingerprint density at radius 3 is 2.41 bits per heavy atom. The van der Waals surface area contributed by atoms with E-state index in [1.54, 1.807) is 18.2 Å². The van der Waals surface area contributed by atoms with Crippen molar-refractivity contribution in [3.8, 4) is 0 Å². The molecular formula is C19H22F2N2O3S. The number of rotatable bonds is 8. The van der Waals surface area contributed by atoms with Gasteiger partial charge in [0.05, 0.1) is 4.90 Å². The molecule has 0 bridgehead atoms. The molecule has 0 fully saturated rings. The van der Waals surface area contributed by atoms with Crippen LogP contribution in [-0.4, -0.2) is 38.9 Å². The average Bonchev–Trinajstić information content (AvgIpc) is 2.61. The van der Waals surface area contributed by atoms with Crippen LogP contribution in [0.1, 0.15) is 18.1 Å². The molecule has 0 aliphatic carbocycles. The topological polar surface area (TPSA) is 66.5 Å². The summed E-state index contributed by atoms with van der Waals surface area (Å²) in [7, 11) is -3.81. The summed E-state index contributed by atoms with van der Waals surface area (Å²) in [6.07, 6.45) is 0.330. The molecule has 0 aliphatic rings. The number of carbonyl (C=O) groups excluding carboxylic acids is 1. The van der Waals surface area contributed by atoms with Gasteiger partial charge in [0, 0.05) is 26.6 Å². The van der Waals surface area contributed by atoms with Gasteiger partial charge in [-0.1, -0.05) is 18.2 Å². The number of nitrogens with zero attached hydrogens (tertiary/aromatic N) is 1. The van der Waals surface area contributed by atoms with Crippen molar-refractivity contribution in [2.45, 2.75) is 25.2 Å². The lowest BCUT2D eigenvalue weighted by atomic mass is 10.1. The maximum Gasteiger partial charge on any atom is 0.240 e.